The zero-order valence-electron chi connectivity index (χ0n) is 14.5. The number of nitrogens with two attached hydrogens (primary N) is 1. The summed E-state index contributed by atoms with van der Waals surface area (Å²) < 4.78 is 22.6. The van der Waals surface area contributed by atoms with E-state index in [0.29, 0.717) is 5.92 Å². The normalized spacial score (nSPS) is 12.7. The molecule has 1 atom stereocenters. The summed E-state index contributed by atoms with van der Waals surface area (Å²) in [6, 6.07) is 13.2. The van der Waals surface area contributed by atoms with Crippen molar-refractivity contribution in [2.45, 2.75) is 37.6 Å². The predicted octanol–water partition coefficient (Wildman–Crippen LogP) is 3.34. The molecule has 0 aromatic heterocycles. The molecular weight excluding hydrogens is 338 g/mol. The molecular formula is C18H23N3O3S. The number of sulfonamides is 1. The third kappa shape index (κ3) is 5.04. The van der Waals surface area contributed by atoms with Gasteiger partial charge in [0, 0.05) is 5.69 Å². The van der Waals surface area contributed by atoms with Crippen molar-refractivity contribution in [3.05, 3.63) is 59.7 Å². The summed E-state index contributed by atoms with van der Waals surface area (Å²) in [6.45, 7) is 5.95. The summed E-state index contributed by atoms with van der Waals surface area (Å²) in [5.74, 6) is 0.291. The van der Waals surface area contributed by atoms with Gasteiger partial charge in [-0.2, -0.15) is 0 Å². The lowest BCUT2D eigenvalue weighted by molar-refractivity contribution is 0.249. The van der Waals surface area contributed by atoms with Gasteiger partial charge in [0.2, 0.25) is 10.0 Å². The number of para-hydroxylation sites is 1. The van der Waals surface area contributed by atoms with Crippen LogP contribution in [0.25, 0.3) is 0 Å². The lowest BCUT2D eigenvalue weighted by Crippen LogP contribution is -2.31. The molecule has 2 aromatic rings. The number of carbonyl (C=O) groups excluding carboxylic acids is 1. The Kier molecular flexibility index (Phi) is 5.81. The highest BCUT2D eigenvalue weighted by Gasteiger charge is 2.13. The number of amides is 2. The fourth-order valence-corrected chi connectivity index (χ4v) is 3.01. The molecule has 7 heteroatoms. The number of benzene rings is 2. The molecule has 0 spiro atoms. The molecule has 4 N–H and O–H groups in total. The first-order valence-corrected chi connectivity index (χ1v) is 9.52. The van der Waals surface area contributed by atoms with Gasteiger partial charge in [0.05, 0.1) is 10.9 Å². The van der Waals surface area contributed by atoms with Crippen LogP contribution in [0.15, 0.2) is 53.4 Å². The maximum Gasteiger partial charge on any atom is 0.319 e. The van der Waals surface area contributed by atoms with Gasteiger partial charge in [-0.25, -0.2) is 18.4 Å². The van der Waals surface area contributed by atoms with Crippen molar-refractivity contribution < 1.29 is 13.2 Å². The molecule has 0 heterocycles. The second-order valence-corrected chi connectivity index (χ2v) is 7.74. The molecule has 134 valence electrons. The van der Waals surface area contributed by atoms with Crippen LogP contribution < -0.4 is 15.8 Å². The first kappa shape index (κ1) is 19.0. The third-order valence-electron chi connectivity index (χ3n) is 3.89. The lowest BCUT2D eigenvalue weighted by Gasteiger charge is -2.18. The van der Waals surface area contributed by atoms with Crippen molar-refractivity contribution in [2.24, 2.45) is 5.14 Å². The average Bonchev–Trinajstić information content (AvgIpc) is 2.54. The van der Waals surface area contributed by atoms with Crippen molar-refractivity contribution in [2.75, 3.05) is 5.32 Å². The monoisotopic (exact) mass is 361 g/mol. The van der Waals surface area contributed by atoms with Crippen molar-refractivity contribution in [1.29, 1.82) is 0 Å². The van der Waals surface area contributed by atoms with Gasteiger partial charge in [-0.1, -0.05) is 44.2 Å². The fourth-order valence-electron chi connectivity index (χ4n) is 2.50. The summed E-state index contributed by atoms with van der Waals surface area (Å²) in [7, 11) is -3.72. The SMILES string of the molecule is CC(C)c1ccccc1NC(=O)NC(C)c1ccc(S(N)(=O)=O)cc1. The molecule has 25 heavy (non-hydrogen) atoms. The van der Waals surface area contributed by atoms with Gasteiger partial charge in [-0.3, -0.25) is 0 Å². The largest absolute Gasteiger partial charge is 0.331 e. The number of nitrogens with one attached hydrogen (secondary N) is 2. The molecule has 2 amide bonds. The number of hydrogen-bond donors (Lipinski definition) is 3. The zero-order valence-corrected chi connectivity index (χ0v) is 15.3. The van der Waals surface area contributed by atoms with Crippen LogP contribution in [-0.4, -0.2) is 14.4 Å². The summed E-state index contributed by atoms with van der Waals surface area (Å²) in [6.07, 6.45) is 0. The Hall–Kier alpha value is -2.38. The smallest absolute Gasteiger partial charge is 0.319 e. The Morgan fingerprint density at radius 1 is 1.00 bits per heavy atom. The lowest BCUT2D eigenvalue weighted by atomic mass is 10.0. The number of anilines is 1. The van der Waals surface area contributed by atoms with Crippen molar-refractivity contribution >= 4 is 21.7 Å². The Balaban J connectivity index is 2.06. The van der Waals surface area contributed by atoms with Crippen molar-refractivity contribution in [3.8, 4) is 0 Å². The predicted molar refractivity (Wildman–Crippen MR) is 98.9 cm³/mol. The first-order valence-electron chi connectivity index (χ1n) is 7.97. The molecule has 0 aliphatic carbocycles. The molecule has 6 nitrogen and oxygen atoms in total. The van der Waals surface area contributed by atoms with E-state index < -0.39 is 10.0 Å². The van der Waals surface area contributed by atoms with Gasteiger partial charge < -0.3 is 10.6 Å². The Morgan fingerprint density at radius 3 is 2.16 bits per heavy atom. The van der Waals surface area contributed by atoms with Crippen LogP contribution in [0.3, 0.4) is 0 Å². The zero-order chi connectivity index (χ0) is 18.6. The van der Waals surface area contributed by atoms with Crippen LogP contribution in [0, 0.1) is 0 Å². The van der Waals surface area contributed by atoms with E-state index in [4.69, 9.17) is 5.14 Å². The van der Waals surface area contributed by atoms with Crippen molar-refractivity contribution in [3.63, 3.8) is 0 Å². The van der Waals surface area contributed by atoms with E-state index >= 15 is 0 Å². The number of hydrogen-bond acceptors (Lipinski definition) is 3. The van der Waals surface area contributed by atoms with E-state index in [-0.39, 0.29) is 17.0 Å². The fraction of sp³-hybridized carbons (Fsp3) is 0.278. The van der Waals surface area contributed by atoms with Gasteiger partial charge in [-0.15, -0.1) is 0 Å². The van der Waals surface area contributed by atoms with Crippen LogP contribution in [0.2, 0.25) is 0 Å². The maximum absolute atomic E-state index is 12.3. The van der Waals surface area contributed by atoms with Crippen LogP contribution >= 0.6 is 0 Å². The van der Waals surface area contributed by atoms with Gasteiger partial charge >= 0.3 is 6.03 Å². The number of carbonyl (C=O) groups is 1. The number of primary sulfonamides is 1. The minimum atomic E-state index is -3.72. The van der Waals surface area contributed by atoms with Crippen LogP contribution in [0.4, 0.5) is 10.5 Å². The topological polar surface area (TPSA) is 101 Å². The van der Waals surface area contributed by atoms with Crippen LogP contribution in [-0.2, 0) is 10.0 Å². The highest BCUT2D eigenvalue weighted by Crippen LogP contribution is 2.24. The summed E-state index contributed by atoms with van der Waals surface area (Å²) in [5, 5.41) is 10.8. The first-order chi connectivity index (χ1) is 11.7. The second kappa shape index (κ2) is 7.67. The quantitative estimate of drug-likeness (QED) is 0.761. The van der Waals surface area contributed by atoms with E-state index in [1.807, 2.05) is 31.2 Å². The molecule has 2 rings (SSSR count). The molecule has 0 aliphatic rings. The molecule has 2 aromatic carbocycles. The van der Waals surface area contributed by atoms with Gasteiger partial charge in [0.15, 0.2) is 0 Å². The molecule has 0 aliphatic heterocycles. The molecule has 0 saturated carbocycles. The van der Waals surface area contributed by atoms with E-state index in [0.717, 1.165) is 16.8 Å². The van der Waals surface area contributed by atoms with Gasteiger partial charge in [0.25, 0.3) is 0 Å². The minimum Gasteiger partial charge on any atom is -0.331 e. The second-order valence-electron chi connectivity index (χ2n) is 6.18. The van der Waals surface area contributed by atoms with Gasteiger partial charge in [0.1, 0.15) is 0 Å². The maximum atomic E-state index is 12.3. The van der Waals surface area contributed by atoms with E-state index in [1.54, 1.807) is 12.1 Å². The number of rotatable bonds is 5. The van der Waals surface area contributed by atoms with E-state index in [1.165, 1.54) is 12.1 Å². The van der Waals surface area contributed by atoms with Crippen LogP contribution in [0.1, 0.15) is 43.9 Å². The summed E-state index contributed by atoms with van der Waals surface area (Å²) in [4.78, 5) is 12.3. The standard InChI is InChI=1S/C18H23N3O3S/c1-12(2)16-6-4-5-7-17(16)21-18(22)20-13(3)14-8-10-15(11-9-14)25(19,23)24/h4-13H,1-3H3,(H2,19,23,24)(H2,20,21,22). The Bertz CT molecular complexity index is 846. The Labute approximate surface area is 148 Å². The molecule has 0 radical (unpaired) electrons. The highest BCUT2D eigenvalue weighted by molar-refractivity contribution is 7.89. The number of urea groups is 1. The summed E-state index contributed by atoms with van der Waals surface area (Å²) >= 11 is 0. The Morgan fingerprint density at radius 2 is 1.60 bits per heavy atom. The summed E-state index contributed by atoms with van der Waals surface area (Å²) in [5.41, 5.74) is 2.61. The molecule has 0 saturated heterocycles. The van der Waals surface area contributed by atoms with Gasteiger partial charge in [-0.05, 0) is 42.2 Å². The molecule has 1 unspecified atom stereocenters. The van der Waals surface area contributed by atoms with E-state index in [9.17, 15) is 13.2 Å². The average molecular weight is 361 g/mol. The molecule has 0 fully saturated rings. The van der Waals surface area contributed by atoms with E-state index in [2.05, 4.69) is 24.5 Å². The van der Waals surface area contributed by atoms with Crippen LogP contribution in [0.5, 0.6) is 0 Å². The minimum absolute atomic E-state index is 0.0405. The third-order valence-corrected chi connectivity index (χ3v) is 4.82. The molecule has 0 bridgehead atoms. The van der Waals surface area contributed by atoms with Crippen molar-refractivity contribution in [1.82, 2.24) is 5.32 Å². The highest BCUT2D eigenvalue weighted by atomic mass is 32.2.